The second kappa shape index (κ2) is 10.0. The summed E-state index contributed by atoms with van der Waals surface area (Å²) in [6.45, 7) is 5.63. The van der Waals surface area contributed by atoms with Crippen LogP contribution < -0.4 is 5.32 Å². The first-order valence-corrected chi connectivity index (χ1v) is 11.4. The van der Waals surface area contributed by atoms with Crippen molar-refractivity contribution in [3.05, 3.63) is 70.4 Å². The van der Waals surface area contributed by atoms with E-state index in [9.17, 15) is 9.59 Å². The van der Waals surface area contributed by atoms with Crippen LogP contribution in [0.1, 0.15) is 51.5 Å². The van der Waals surface area contributed by atoms with Crippen LogP contribution in [0.3, 0.4) is 0 Å². The monoisotopic (exact) mass is 449 g/mol. The summed E-state index contributed by atoms with van der Waals surface area (Å²) in [5.74, 6) is 1.11. The number of nitrogens with one attached hydrogen (secondary N) is 1. The van der Waals surface area contributed by atoms with Gasteiger partial charge in [0.1, 0.15) is 5.76 Å². The lowest BCUT2D eigenvalue weighted by Crippen LogP contribution is -2.40. The minimum Gasteiger partial charge on any atom is -0.361 e. The Morgan fingerprint density at radius 3 is 2.55 bits per heavy atom. The fourth-order valence-electron chi connectivity index (χ4n) is 4.43. The summed E-state index contributed by atoms with van der Waals surface area (Å²) in [5.41, 5.74) is 4.18. The lowest BCUT2D eigenvalue weighted by Gasteiger charge is -2.32. The average molecular weight is 450 g/mol. The third-order valence-electron chi connectivity index (χ3n) is 6.40. The van der Waals surface area contributed by atoms with Gasteiger partial charge in [-0.05, 0) is 44.6 Å². The molecule has 0 saturated carbocycles. The van der Waals surface area contributed by atoms with Gasteiger partial charge in [0.15, 0.2) is 0 Å². The van der Waals surface area contributed by atoms with Crippen molar-refractivity contribution in [2.24, 2.45) is 13.0 Å². The molecule has 33 heavy (non-hydrogen) atoms. The van der Waals surface area contributed by atoms with Crippen LogP contribution in [0.15, 0.2) is 41.1 Å². The van der Waals surface area contributed by atoms with Crippen LogP contribution in [0.5, 0.6) is 0 Å². The van der Waals surface area contributed by atoms with E-state index in [4.69, 9.17) is 4.52 Å². The maximum Gasteiger partial charge on any atom is 0.255 e. The number of hydrogen-bond acceptors (Lipinski definition) is 5. The van der Waals surface area contributed by atoms with E-state index in [1.807, 2.05) is 56.1 Å². The van der Waals surface area contributed by atoms with E-state index in [-0.39, 0.29) is 11.8 Å². The Kier molecular flexibility index (Phi) is 6.91. The lowest BCUT2D eigenvalue weighted by atomic mass is 9.91. The Bertz CT molecular complexity index is 1090. The standard InChI is InChI=1S/C25H31N5O3/c1-17-21(18(2)33-28-17)14-24(31)30-11-9-19(10-12-30)13-23-22(16-29(3)27-23)25(32)26-15-20-7-5-4-6-8-20/h4-8,16,19H,9-15H2,1-3H3,(H,26,32). The third-order valence-corrected chi connectivity index (χ3v) is 6.40. The van der Waals surface area contributed by atoms with Gasteiger partial charge >= 0.3 is 0 Å². The van der Waals surface area contributed by atoms with E-state index in [1.54, 1.807) is 10.9 Å². The molecule has 0 radical (unpaired) electrons. The Morgan fingerprint density at radius 2 is 1.88 bits per heavy atom. The van der Waals surface area contributed by atoms with Gasteiger partial charge in [-0.1, -0.05) is 35.5 Å². The van der Waals surface area contributed by atoms with Gasteiger partial charge < -0.3 is 14.7 Å². The molecular weight excluding hydrogens is 418 g/mol. The van der Waals surface area contributed by atoms with Crippen molar-refractivity contribution >= 4 is 11.8 Å². The molecule has 3 aromatic rings. The molecule has 4 rings (SSSR count). The van der Waals surface area contributed by atoms with Crippen LogP contribution in [-0.2, 0) is 31.2 Å². The molecule has 8 heteroatoms. The number of aromatic nitrogens is 3. The van der Waals surface area contributed by atoms with Crippen LogP contribution in [0.2, 0.25) is 0 Å². The second-order valence-corrected chi connectivity index (χ2v) is 8.84. The molecule has 2 amide bonds. The molecule has 0 atom stereocenters. The average Bonchev–Trinajstić information content (AvgIpc) is 3.34. The predicted octanol–water partition coefficient (Wildman–Crippen LogP) is 2.98. The fraction of sp³-hybridized carbons (Fsp3) is 0.440. The van der Waals surface area contributed by atoms with Crippen molar-refractivity contribution in [3.63, 3.8) is 0 Å². The van der Waals surface area contributed by atoms with Crippen molar-refractivity contribution in [3.8, 4) is 0 Å². The number of likely N-dealkylation sites (tertiary alicyclic amines) is 1. The molecule has 3 heterocycles. The molecule has 0 spiro atoms. The maximum atomic E-state index is 12.8. The van der Waals surface area contributed by atoms with Crippen molar-refractivity contribution in [2.75, 3.05) is 13.1 Å². The molecule has 2 aromatic heterocycles. The molecule has 1 N–H and O–H groups in total. The molecule has 0 unspecified atom stereocenters. The highest BCUT2D eigenvalue weighted by Gasteiger charge is 2.26. The smallest absolute Gasteiger partial charge is 0.255 e. The predicted molar refractivity (Wildman–Crippen MR) is 124 cm³/mol. The lowest BCUT2D eigenvalue weighted by molar-refractivity contribution is -0.131. The number of carbonyl (C=O) groups is 2. The SMILES string of the molecule is Cc1noc(C)c1CC(=O)N1CCC(Cc2nn(C)cc2C(=O)NCc2ccccc2)CC1. The molecule has 0 aliphatic carbocycles. The van der Waals surface area contributed by atoms with E-state index in [0.29, 0.717) is 30.2 Å². The minimum absolute atomic E-state index is 0.103. The molecule has 1 aliphatic rings. The molecule has 8 nitrogen and oxygen atoms in total. The van der Waals surface area contributed by atoms with Crippen LogP contribution in [-0.4, -0.2) is 44.7 Å². The summed E-state index contributed by atoms with van der Waals surface area (Å²) >= 11 is 0. The van der Waals surface area contributed by atoms with Gasteiger partial charge in [0.25, 0.3) is 5.91 Å². The first-order chi connectivity index (χ1) is 15.9. The van der Waals surface area contributed by atoms with E-state index in [0.717, 1.165) is 54.9 Å². The number of hydrogen-bond donors (Lipinski definition) is 1. The molecule has 1 fully saturated rings. The number of carbonyl (C=O) groups excluding carboxylic acids is 2. The van der Waals surface area contributed by atoms with Crippen molar-refractivity contribution in [1.82, 2.24) is 25.2 Å². The van der Waals surface area contributed by atoms with Gasteiger partial charge in [-0.15, -0.1) is 0 Å². The van der Waals surface area contributed by atoms with Gasteiger partial charge in [0.2, 0.25) is 5.91 Å². The summed E-state index contributed by atoms with van der Waals surface area (Å²) in [6, 6.07) is 9.86. The zero-order valence-electron chi connectivity index (χ0n) is 19.5. The topological polar surface area (TPSA) is 93.3 Å². The summed E-state index contributed by atoms with van der Waals surface area (Å²) < 4.78 is 6.88. The van der Waals surface area contributed by atoms with Crippen LogP contribution in [0.4, 0.5) is 0 Å². The number of benzene rings is 1. The van der Waals surface area contributed by atoms with Crippen molar-refractivity contribution < 1.29 is 14.1 Å². The largest absolute Gasteiger partial charge is 0.361 e. The van der Waals surface area contributed by atoms with Gasteiger partial charge in [-0.3, -0.25) is 14.3 Å². The second-order valence-electron chi connectivity index (χ2n) is 8.84. The van der Waals surface area contributed by atoms with Crippen LogP contribution >= 0.6 is 0 Å². The number of aryl methyl sites for hydroxylation is 3. The Hall–Kier alpha value is -3.42. The highest BCUT2D eigenvalue weighted by Crippen LogP contribution is 2.24. The van der Waals surface area contributed by atoms with Crippen LogP contribution in [0.25, 0.3) is 0 Å². The summed E-state index contributed by atoms with van der Waals surface area (Å²) in [6.07, 6.45) is 4.65. The quantitative estimate of drug-likeness (QED) is 0.599. The zero-order valence-corrected chi connectivity index (χ0v) is 19.5. The van der Waals surface area contributed by atoms with E-state index >= 15 is 0 Å². The van der Waals surface area contributed by atoms with E-state index < -0.39 is 0 Å². The minimum atomic E-state index is -0.103. The summed E-state index contributed by atoms with van der Waals surface area (Å²) in [4.78, 5) is 27.5. The van der Waals surface area contributed by atoms with Crippen molar-refractivity contribution in [2.45, 2.75) is 46.1 Å². The van der Waals surface area contributed by atoms with Gasteiger partial charge in [0.05, 0.1) is 23.4 Å². The van der Waals surface area contributed by atoms with Crippen molar-refractivity contribution in [1.29, 1.82) is 0 Å². The summed E-state index contributed by atoms with van der Waals surface area (Å²) in [7, 11) is 1.84. The highest BCUT2D eigenvalue weighted by molar-refractivity contribution is 5.95. The first kappa shape index (κ1) is 22.8. The summed E-state index contributed by atoms with van der Waals surface area (Å²) in [5, 5.41) is 11.5. The molecule has 174 valence electrons. The normalized spacial score (nSPS) is 14.5. The maximum absolute atomic E-state index is 12.8. The Morgan fingerprint density at radius 1 is 1.15 bits per heavy atom. The number of rotatable bonds is 7. The zero-order chi connectivity index (χ0) is 23.4. The van der Waals surface area contributed by atoms with Gasteiger partial charge in [-0.25, -0.2) is 0 Å². The fourth-order valence-corrected chi connectivity index (χ4v) is 4.43. The molecule has 1 saturated heterocycles. The van der Waals surface area contributed by atoms with Gasteiger partial charge in [0, 0.05) is 38.4 Å². The highest BCUT2D eigenvalue weighted by atomic mass is 16.5. The van der Waals surface area contributed by atoms with Crippen LogP contribution in [0, 0.1) is 19.8 Å². The number of nitrogens with zero attached hydrogens (tertiary/aromatic N) is 4. The molecule has 0 bridgehead atoms. The van der Waals surface area contributed by atoms with E-state index in [1.165, 1.54) is 0 Å². The Balaban J connectivity index is 1.31. The number of amides is 2. The first-order valence-electron chi connectivity index (χ1n) is 11.4. The molecule has 1 aliphatic heterocycles. The number of piperidine rings is 1. The third kappa shape index (κ3) is 5.50. The Labute approximate surface area is 193 Å². The van der Waals surface area contributed by atoms with Gasteiger partial charge in [-0.2, -0.15) is 5.10 Å². The molecule has 1 aromatic carbocycles. The molecular formula is C25H31N5O3. The van der Waals surface area contributed by atoms with E-state index in [2.05, 4.69) is 15.6 Å².